The number of nitrogens with one attached hydrogen (secondary N) is 1. The van der Waals surface area contributed by atoms with Gasteiger partial charge in [-0.1, -0.05) is 23.7 Å². The van der Waals surface area contributed by atoms with E-state index in [1.165, 1.54) is 6.07 Å². The number of hydrazine groups is 1. The molecule has 1 aromatic carbocycles. The van der Waals surface area contributed by atoms with E-state index in [-0.39, 0.29) is 11.1 Å². The molecule has 0 aliphatic carbocycles. The Morgan fingerprint density at radius 1 is 1.35 bits per heavy atom. The van der Waals surface area contributed by atoms with E-state index in [0.717, 1.165) is 0 Å². The first kappa shape index (κ1) is 12.1. The highest BCUT2D eigenvalue weighted by molar-refractivity contribution is 6.30. The van der Waals surface area contributed by atoms with Crippen molar-refractivity contribution in [2.75, 3.05) is 0 Å². The molecule has 5 heteroatoms. The lowest BCUT2D eigenvalue weighted by atomic mass is 10.0. The molecule has 0 saturated carbocycles. The second-order valence-corrected chi connectivity index (χ2v) is 4.06. The monoisotopic (exact) mass is 254 g/mol. The van der Waals surface area contributed by atoms with Gasteiger partial charge in [0, 0.05) is 0 Å². The Kier molecular flexibility index (Phi) is 3.78. The molecular formula is C12H12ClFN2O. The van der Waals surface area contributed by atoms with E-state index < -0.39 is 5.82 Å². The average Bonchev–Trinajstić information content (AvgIpc) is 2.85. The minimum atomic E-state index is -0.416. The smallest absolute Gasteiger partial charge is 0.145 e. The topological polar surface area (TPSA) is 51.2 Å². The van der Waals surface area contributed by atoms with Crippen molar-refractivity contribution < 1.29 is 8.81 Å². The molecule has 1 atom stereocenters. The van der Waals surface area contributed by atoms with Crippen LogP contribution in [0.4, 0.5) is 4.39 Å². The molecule has 0 amide bonds. The van der Waals surface area contributed by atoms with E-state index in [9.17, 15) is 4.39 Å². The van der Waals surface area contributed by atoms with Crippen LogP contribution in [0.5, 0.6) is 0 Å². The zero-order valence-electron chi connectivity index (χ0n) is 8.99. The molecule has 0 aliphatic rings. The summed E-state index contributed by atoms with van der Waals surface area (Å²) in [4.78, 5) is 0. The number of furan rings is 1. The Bertz CT molecular complexity index is 487. The molecule has 0 saturated heterocycles. The summed E-state index contributed by atoms with van der Waals surface area (Å²) in [6.45, 7) is 0. The Balaban J connectivity index is 2.22. The Hall–Kier alpha value is -1.36. The third kappa shape index (κ3) is 2.66. The average molecular weight is 255 g/mol. The molecule has 90 valence electrons. The standard InChI is InChI=1S/C12H12ClFN2O/c13-9-4-1-3-8(12(9)14)7-10(16-15)11-5-2-6-17-11/h1-6,10,16H,7,15H2. The van der Waals surface area contributed by atoms with Crippen LogP contribution in [-0.2, 0) is 6.42 Å². The molecule has 3 nitrogen and oxygen atoms in total. The Morgan fingerprint density at radius 3 is 2.82 bits per heavy atom. The predicted molar refractivity (Wildman–Crippen MR) is 63.9 cm³/mol. The largest absolute Gasteiger partial charge is 0.468 e. The van der Waals surface area contributed by atoms with Crippen LogP contribution in [0.1, 0.15) is 17.4 Å². The van der Waals surface area contributed by atoms with Gasteiger partial charge in [0.25, 0.3) is 0 Å². The number of hydrogen-bond donors (Lipinski definition) is 2. The predicted octanol–water partition coefficient (Wildman–Crippen LogP) is 2.82. The molecule has 1 aromatic heterocycles. The SMILES string of the molecule is NNC(Cc1cccc(Cl)c1F)c1ccco1. The third-order valence-corrected chi connectivity index (χ3v) is 2.84. The molecule has 1 unspecified atom stereocenters. The van der Waals surface area contributed by atoms with Crippen LogP contribution in [0.15, 0.2) is 41.0 Å². The molecule has 0 radical (unpaired) electrons. The van der Waals surface area contributed by atoms with Crippen molar-refractivity contribution in [3.8, 4) is 0 Å². The summed E-state index contributed by atoms with van der Waals surface area (Å²) in [7, 11) is 0. The van der Waals surface area contributed by atoms with E-state index in [2.05, 4.69) is 5.43 Å². The van der Waals surface area contributed by atoms with Crippen molar-refractivity contribution in [2.45, 2.75) is 12.5 Å². The van der Waals surface area contributed by atoms with Crippen LogP contribution in [0.25, 0.3) is 0 Å². The second-order valence-electron chi connectivity index (χ2n) is 3.65. The van der Waals surface area contributed by atoms with E-state index in [0.29, 0.717) is 17.7 Å². The number of nitrogens with two attached hydrogens (primary N) is 1. The highest BCUT2D eigenvalue weighted by Crippen LogP contribution is 2.23. The molecule has 2 aromatic rings. The molecule has 0 fully saturated rings. The van der Waals surface area contributed by atoms with Gasteiger partial charge in [-0.15, -0.1) is 0 Å². The van der Waals surface area contributed by atoms with Gasteiger partial charge < -0.3 is 4.42 Å². The number of rotatable bonds is 4. The van der Waals surface area contributed by atoms with Crippen LogP contribution in [-0.4, -0.2) is 0 Å². The van der Waals surface area contributed by atoms with Crippen LogP contribution in [0.3, 0.4) is 0 Å². The summed E-state index contributed by atoms with van der Waals surface area (Å²) in [6, 6.07) is 8.15. The summed E-state index contributed by atoms with van der Waals surface area (Å²) in [5, 5.41) is 0.109. The highest BCUT2D eigenvalue weighted by atomic mass is 35.5. The third-order valence-electron chi connectivity index (χ3n) is 2.54. The van der Waals surface area contributed by atoms with Gasteiger partial charge in [0.1, 0.15) is 11.6 Å². The molecule has 2 rings (SSSR count). The van der Waals surface area contributed by atoms with Gasteiger partial charge in [0.15, 0.2) is 0 Å². The van der Waals surface area contributed by atoms with Gasteiger partial charge in [-0.2, -0.15) is 0 Å². The van der Waals surface area contributed by atoms with Crippen LogP contribution in [0.2, 0.25) is 5.02 Å². The molecule has 1 heterocycles. The maximum atomic E-state index is 13.7. The summed E-state index contributed by atoms with van der Waals surface area (Å²) in [5.74, 6) is 5.68. The maximum Gasteiger partial charge on any atom is 0.145 e. The summed E-state index contributed by atoms with van der Waals surface area (Å²) >= 11 is 5.72. The van der Waals surface area contributed by atoms with Crippen molar-refractivity contribution in [3.63, 3.8) is 0 Å². The van der Waals surface area contributed by atoms with Crippen molar-refractivity contribution in [3.05, 3.63) is 58.8 Å². The quantitative estimate of drug-likeness (QED) is 0.652. The van der Waals surface area contributed by atoms with E-state index in [1.54, 1.807) is 30.5 Å². The van der Waals surface area contributed by atoms with Crippen molar-refractivity contribution in [1.82, 2.24) is 5.43 Å². The minimum Gasteiger partial charge on any atom is -0.468 e. The fourth-order valence-electron chi connectivity index (χ4n) is 1.66. The summed E-state index contributed by atoms with van der Waals surface area (Å²) in [5.41, 5.74) is 3.09. The molecule has 17 heavy (non-hydrogen) atoms. The van der Waals surface area contributed by atoms with Crippen LogP contribution in [0, 0.1) is 5.82 Å². The molecule has 0 aliphatic heterocycles. The van der Waals surface area contributed by atoms with Gasteiger partial charge in [-0.25, -0.2) is 9.82 Å². The lowest BCUT2D eigenvalue weighted by Crippen LogP contribution is -2.29. The van der Waals surface area contributed by atoms with E-state index >= 15 is 0 Å². The van der Waals surface area contributed by atoms with Crippen LogP contribution >= 0.6 is 11.6 Å². The van der Waals surface area contributed by atoms with Crippen molar-refractivity contribution in [2.24, 2.45) is 5.84 Å². The van der Waals surface area contributed by atoms with Crippen LogP contribution < -0.4 is 11.3 Å². The zero-order valence-corrected chi connectivity index (χ0v) is 9.75. The van der Waals surface area contributed by atoms with Gasteiger partial charge in [0.2, 0.25) is 0 Å². The summed E-state index contributed by atoms with van der Waals surface area (Å²) in [6.07, 6.45) is 1.92. The molecule has 0 spiro atoms. The van der Waals surface area contributed by atoms with Crippen molar-refractivity contribution in [1.29, 1.82) is 0 Å². The molecular weight excluding hydrogens is 243 g/mol. The van der Waals surface area contributed by atoms with Gasteiger partial charge >= 0.3 is 0 Å². The fraction of sp³-hybridized carbons (Fsp3) is 0.167. The fourth-order valence-corrected chi connectivity index (χ4v) is 1.85. The zero-order chi connectivity index (χ0) is 12.3. The Morgan fingerprint density at radius 2 is 2.18 bits per heavy atom. The lowest BCUT2D eigenvalue weighted by molar-refractivity contribution is 0.412. The lowest BCUT2D eigenvalue weighted by Gasteiger charge is -2.14. The first-order valence-corrected chi connectivity index (χ1v) is 5.52. The van der Waals surface area contributed by atoms with Gasteiger partial charge in [-0.3, -0.25) is 5.84 Å². The first-order chi connectivity index (χ1) is 8.22. The number of benzene rings is 1. The maximum absolute atomic E-state index is 13.7. The minimum absolute atomic E-state index is 0.109. The van der Waals surface area contributed by atoms with Gasteiger partial charge in [0.05, 0.1) is 17.3 Å². The number of hydrogen-bond acceptors (Lipinski definition) is 3. The Labute approximate surface area is 103 Å². The normalized spacial score (nSPS) is 12.6. The molecule has 0 bridgehead atoms. The van der Waals surface area contributed by atoms with E-state index in [1.807, 2.05) is 0 Å². The van der Waals surface area contributed by atoms with Gasteiger partial charge in [-0.05, 0) is 30.2 Å². The van der Waals surface area contributed by atoms with Crippen molar-refractivity contribution >= 4 is 11.6 Å². The number of halogens is 2. The second kappa shape index (κ2) is 5.31. The summed E-state index contributed by atoms with van der Waals surface area (Å²) < 4.78 is 18.9. The first-order valence-electron chi connectivity index (χ1n) is 5.14. The highest BCUT2D eigenvalue weighted by Gasteiger charge is 2.16. The molecule has 3 N–H and O–H groups in total. The van der Waals surface area contributed by atoms with E-state index in [4.69, 9.17) is 21.9 Å².